The predicted octanol–water partition coefficient (Wildman–Crippen LogP) is 3.61. The Bertz CT molecular complexity index is 727. The van der Waals surface area contributed by atoms with Crippen molar-refractivity contribution in [1.29, 1.82) is 0 Å². The topological polar surface area (TPSA) is 46.9 Å². The summed E-state index contributed by atoms with van der Waals surface area (Å²) in [5.74, 6) is -0.0436. The zero-order chi connectivity index (χ0) is 14.8. The van der Waals surface area contributed by atoms with Crippen LogP contribution in [-0.4, -0.2) is 15.5 Å². The lowest BCUT2D eigenvalue weighted by Gasteiger charge is -2.05. The first kappa shape index (κ1) is 13.8. The molecule has 3 aromatic heterocycles. The van der Waals surface area contributed by atoms with Gasteiger partial charge in [-0.3, -0.25) is 9.78 Å². The highest BCUT2D eigenvalue weighted by molar-refractivity contribution is 7.20. The van der Waals surface area contributed by atoms with Crippen LogP contribution < -0.4 is 5.32 Å². The van der Waals surface area contributed by atoms with Crippen molar-refractivity contribution in [2.24, 2.45) is 0 Å². The fourth-order valence-corrected chi connectivity index (χ4v) is 3.12. The molecule has 4 nitrogen and oxygen atoms in total. The van der Waals surface area contributed by atoms with Crippen LogP contribution in [0.15, 0.2) is 42.9 Å². The van der Waals surface area contributed by atoms with E-state index in [0.29, 0.717) is 12.6 Å². The number of nitrogens with one attached hydrogen (secondary N) is 1. The zero-order valence-corrected chi connectivity index (χ0v) is 12.9. The number of carbonyl (C=O) groups is 1. The van der Waals surface area contributed by atoms with Crippen LogP contribution in [0.4, 0.5) is 0 Å². The van der Waals surface area contributed by atoms with Gasteiger partial charge in [0.15, 0.2) is 0 Å². The SMILES string of the molecule is CC(C)n1cc2cc(C(=O)NCc3ccccn3)sc2c1. The van der Waals surface area contributed by atoms with Crippen molar-refractivity contribution in [3.63, 3.8) is 0 Å². The quantitative estimate of drug-likeness (QED) is 0.800. The van der Waals surface area contributed by atoms with Crippen molar-refractivity contribution in [3.8, 4) is 0 Å². The van der Waals surface area contributed by atoms with E-state index >= 15 is 0 Å². The molecule has 0 aromatic carbocycles. The van der Waals surface area contributed by atoms with E-state index in [1.54, 1.807) is 6.20 Å². The molecule has 0 atom stereocenters. The number of fused-ring (bicyclic) bond motifs is 1. The van der Waals surface area contributed by atoms with Gasteiger partial charge in [0, 0.05) is 30.0 Å². The van der Waals surface area contributed by atoms with Gasteiger partial charge < -0.3 is 9.88 Å². The summed E-state index contributed by atoms with van der Waals surface area (Å²) in [5.41, 5.74) is 0.860. The molecule has 0 unspecified atom stereocenters. The summed E-state index contributed by atoms with van der Waals surface area (Å²) in [6.45, 7) is 4.74. The first-order chi connectivity index (χ1) is 10.1. The average molecular weight is 299 g/mol. The largest absolute Gasteiger partial charge is 0.350 e. The molecule has 21 heavy (non-hydrogen) atoms. The Labute approximate surface area is 127 Å². The van der Waals surface area contributed by atoms with Crippen LogP contribution >= 0.6 is 11.3 Å². The Hall–Kier alpha value is -2.14. The highest BCUT2D eigenvalue weighted by Gasteiger charge is 2.12. The Morgan fingerprint density at radius 2 is 2.24 bits per heavy atom. The van der Waals surface area contributed by atoms with Crippen LogP contribution in [0.25, 0.3) is 10.1 Å². The van der Waals surface area contributed by atoms with Crippen LogP contribution in [0.5, 0.6) is 0 Å². The molecule has 0 aliphatic heterocycles. The van der Waals surface area contributed by atoms with Gasteiger partial charge >= 0.3 is 0 Å². The zero-order valence-electron chi connectivity index (χ0n) is 12.0. The lowest BCUT2D eigenvalue weighted by Crippen LogP contribution is -2.22. The van der Waals surface area contributed by atoms with Crippen LogP contribution in [0.3, 0.4) is 0 Å². The van der Waals surface area contributed by atoms with Gasteiger partial charge in [0.2, 0.25) is 0 Å². The molecule has 1 N–H and O–H groups in total. The van der Waals surface area contributed by atoms with Gasteiger partial charge in [-0.2, -0.15) is 0 Å². The smallest absolute Gasteiger partial charge is 0.261 e. The Morgan fingerprint density at radius 1 is 1.38 bits per heavy atom. The number of carbonyl (C=O) groups excluding carboxylic acids is 1. The minimum atomic E-state index is -0.0436. The van der Waals surface area contributed by atoms with Crippen LogP contribution in [0.2, 0.25) is 0 Å². The average Bonchev–Trinajstić information content (AvgIpc) is 3.04. The van der Waals surface area contributed by atoms with E-state index in [9.17, 15) is 4.79 Å². The third-order valence-electron chi connectivity index (χ3n) is 3.32. The number of thiophene rings is 1. The lowest BCUT2D eigenvalue weighted by molar-refractivity contribution is 0.0954. The van der Waals surface area contributed by atoms with Gasteiger partial charge in [0.05, 0.1) is 21.8 Å². The molecular weight excluding hydrogens is 282 g/mol. The second kappa shape index (κ2) is 5.69. The van der Waals surface area contributed by atoms with Crippen molar-refractivity contribution < 1.29 is 4.79 Å². The summed E-state index contributed by atoms with van der Waals surface area (Å²) in [7, 11) is 0. The summed E-state index contributed by atoms with van der Waals surface area (Å²) in [6, 6.07) is 8.06. The molecule has 0 saturated carbocycles. The first-order valence-electron chi connectivity index (χ1n) is 6.92. The molecule has 0 aliphatic carbocycles. The minimum absolute atomic E-state index is 0.0436. The van der Waals surface area contributed by atoms with E-state index in [2.05, 4.69) is 41.1 Å². The van der Waals surface area contributed by atoms with Crippen molar-refractivity contribution in [2.75, 3.05) is 0 Å². The summed E-state index contributed by atoms with van der Waals surface area (Å²) < 4.78 is 3.31. The van der Waals surface area contributed by atoms with E-state index < -0.39 is 0 Å². The lowest BCUT2D eigenvalue weighted by atomic mass is 10.3. The minimum Gasteiger partial charge on any atom is -0.350 e. The van der Waals surface area contributed by atoms with E-state index in [1.165, 1.54) is 11.3 Å². The molecule has 0 saturated heterocycles. The summed E-state index contributed by atoms with van der Waals surface area (Å²) in [4.78, 5) is 17.1. The third-order valence-corrected chi connectivity index (χ3v) is 4.41. The molecule has 108 valence electrons. The number of hydrogen-bond acceptors (Lipinski definition) is 3. The maximum Gasteiger partial charge on any atom is 0.261 e. The molecule has 0 bridgehead atoms. The maximum absolute atomic E-state index is 12.2. The van der Waals surface area contributed by atoms with Gasteiger partial charge in [-0.1, -0.05) is 6.07 Å². The number of aromatic nitrogens is 2. The molecular formula is C16H17N3OS. The van der Waals surface area contributed by atoms with Crippen LogP contribution in [0, 0.1) is 0 Å². The monoisotopic (exact) mass is 299 g/mol. The Morgan fingerprint density at radius 3 is 2.90 bits per heavy atom. The third kappa shape index (κ3) is 2.97. The van der Waals surface area contributed by atoms with E-state index in [1.807, 2.05) is 24.3 Å². The van der Waals surface area contributed by atoms with Crippen molar-refractivity contribution in [1.82, 2.24) is 14.9 Å². The van der Waals surface area contributed by atoms with Gasteiger partial charge in [0.1, 0.15) is 0 Å². The number of amides is 1. The fraction of sp³-hybridized carbons (Fsp3) is 0.250. The maximum atomic E-state index is 12.2. The summed E-state index contributed by atoms with van der Waals surface area (Å²) in [5, 5.41) is 4.03. The predicted molar refractivity (Wildman–Crippen MR) is 85.6 cm³/mol. The number of hydrogen-bond donors (Lipinski definition) is 1. The van der Waals surface area contributed by atoms with E-state index in [-0.39, 0.29) is 5.91 Å². The van der Waals surface area contributed by atoms with E-state index in [4.69, 9.17) is 0 Å². The molecule has 3 aromatic rings. The molecule has 0 fully saturated rings. The molecule has 3 heterocycles. The highest BCUT2D eigenvalue weighted by atomic mass is 32.1. The Balaban J connectivity index is 1.71. The number of pyridine rings is 1. The first-order valence-corrected chi connectivity index (χ1v) is 7.74. The fourth-order valence-electron chi connectivity index (χ4n) is 2.12. The molecule has 0 aliphatic rings. The van der Waals surface area contributed by atoms with Crippen molar-refractivity contribution in [3.05, 3.63) is 53.4 Å². The number of nitrogens with zero attached hydrogens (tertiary/aromatic N) is 2. The highest BCUT2D eigenvalue weighted by Crippen LogP contribution is 2.28. The molecule has 5 heteroatoms. The second-order valence-electron chi connectivity index (χ2n) is 5.23. The molecule has 3 rings (SSSR count). The van der Waals surface area contributed by atoms with Gasteiger partial charge in [0.25, 0.3) is 5.91 Å². The summed E-state index contributed by atoms with van der Waals surface area (Å²) >= 11 is 1.53. The van der Waals surface area contributed by atoms with Crippen LogP contribution in [-0.2, 0) is 6.54 Å². The van der Waals surface area contributed by atoms with Crippen LogP contribution in [0.1, 0.15) is 35.3 Å². The van der Waals surface area contributed by atoms with Gasteiger partial charge in [-0.25, -0.2) is 0 Å². The van der Waals surface area contributed by atoms with Gasteiger partial charge in [-0.05, 0) is 32.0 Å². The Kier molecular flexibility index (Phi) is 3.75. The van der Waals surface area contributed by atoms with E-state index in [0.717, 1.165) is 20.7 Å². The molecule has 1 amide bonds. The van der Waals surface area contributed by atoms with Gasteiger partial charge in [-0.15, -0.1) is 11.3 Å². The standard InChI is InChI=1S/C16H17N3OS/c1-11(2)19-9-12-7-14(21-15(12)10-19)16(20)18-8-13-5-3-4-6-17-13/h3-7,9-11H,8H2,1-2H3,(H,18,20). The number of rotatable bonds is 4. The molecule has 0 spiro atoms. The molecule has 0 radical (unpaired) electrons. The van der Waals surface area contributed by atoms with Crippen molar-refractivity contribution >= 4 is 27.3 Å². The van der Waals surface area contributed by atoms with Crippen molar-refractivity contribution in [2.45, 2.75) is 26.4 Å². The summed E-state index contributed by atoms with van der Waals surface area (Å²) in [6.07, 6.45) is 5.91. The second-order valence-corrected chi connectivity index (χ2v) is 6.32. The normalized spacial score (nSPS) is 11.2.